The lowest BCUT2D eigenvalue weighted by atomic mass is 10.1. The van der Waals surface area contributed by atoms with E-state index in [1.54, 1.807) is 0 Å². The summed E-state index contributed by atoms with van der Waals surface area (Å²) in [6.45, 7) is 2.82. The molecule has 1 unspecified atom stereocenters. The van der Waals surface area contributed by atoms with Gasteiger partial charge in [-0.2, -0.15) is 0 Å². The highest BCUT2D eigenvalue weighted by Crippen LogP contribution is 2.31. The predicted molar refractivity (Wildman–Crippen MR) is 45.7 cm³/mol. The van der Waals surface area contributed by atoms with Gasteiger partial charge < -0.3 is 5.11 Å². The van der Waals surface area contributed by atoms with E-state index in [1.165, 1.54) is 11.8 Å². The van der Waals surface area contributed by atoms with Crippen LogP contribution < -0.4 is 5.32 Å². The molecule has 1 saturated heterocycles. The van der Waals surface area contributed by atoms with Crippen LogP contribution in [-0.2, 0) is 4.79 Å². The van der Waals surface area contributed by atoms with Gasteiger partial charge in [-0.3, -0.25) is 5.32 Å². The maximum absolute atomic E-state index is 10.8. The van der Waals surface area contributed by atoms with E-state index < -0.39 is 10.8 Å². The third-order valence-corrected chi connectivity index (χ3v) is 3.23. The van der Waals surface area contributed by atoms with Gasteiger partial charge in [-0.1, -0.05) is 13.3 Å². The number of hydrogen-bond donors (Lipinski definition) is 2. The highest BCUT2D eigenvalue weighted by molar-refractivity contribution is 8.01. The third-order valence-electron chi connectivity index (χ3n) is 1.81. The lowest BCUT2D eigenvalue weighted by Gasteiger charge is -2.22. The normalized spacial score (nSPS) is 30.6. The first-order valence-electron chi connectivity index (χ1n) is 3.83. The zero-order chi connectivity index (χ0) is 8.32. The summed E-state index contributed by atoms with van der Waals surface area (Å²) >= 11 is 1.51. The molecule has 1 aliphatic heterocycles. The molecule has 1 aliphatic rings. The van der Waals surface area contributed by atoms with Crippen LogP contribution in [-0.4, -0.2) is 28.2 Å². The summed E-state index contributed by atoms with van der Waals surface area (Å²) in [5.41, 5.74) is 0. The van der Waals surface area contributed by atoms with Gasteiger partial charge in [0.15, 0.2) is 4.87 Å². The lowest BCUT2D eigenvalue weighted by Crippen LogP contribution is -2.44. The molecule has 0 bridgehead atoms. The summed E-state index contributed by atoms with van der Waals surface area (Å²) in [6.07, 6.45) is 1.62. The first-order chi connectivity index (χ1) is 5.21. The fraction of sp³-hybridized carbons (Fsp3) is 0.857. The van der Waals surface area contributed by atoms with E-state index in [4.69, 9.17) is 5.11 Å². The van der Waals surface area contributed by atoms with E-state index >= 15 is 0 Å². The zero-order valence-electron chi connectivity index (χ0n) is 6.59. The molecular formula is C7H13NO2S. The molecule has 0 aromatic carbocycles. The van der Waals surface area contributed by atoms with E-state index in [1.807, 2.05) is 6.92 Å². The number of rotatable bonds is 3. The van der Waals surface area contributed by atoms with Gasteiger partial charge in [0.05, 0.1) is 0 Å². The van der Waals surface area contributed by atoms with Crippen molar-refractivity contribution in [1.29, 1.82) is 0 Å². The number of carbonyl (C=O) groups is 1. The number of aliphatic carboxylic acids is 1. The van der Waals surface area contributed by atoms with Crippen LogP contribution in [0.25, 0.3) is 0 Å². The largest absolute Gasteiger partial charge is 0.479 e. The van der Waals surface area contributed by atoms with Crippen LogP contribution in [0.5, 0.6) is 0 Å². The molecule has 0 aromatic heterocycles. The summed E-state index contributed by atoms with van der Waals surface area (Å²) in [4.78, 5) is 10.2. The standard InChI is InChI=1S/C7H13NO2S/c1-2-3-7(6(9)10)8-4-5-11-7/h8H,2-5H2,1H3,(H,9,10). The molecular weight excluding hydrogens is 162 g/mol. The molecule has 3 nitrogen and oxygen atoms in total. The average molecular weight is 175 g/mol. The Balaban J connectivity index is 2.62. The minimum Gasteiger partial charge on any atom is -0.479 e. The van der Waals surface area contributed by atoms with Crippen LogP contribution >= 0.6 is 11.8 Å². The summed E-state index contributed by atoms with van der Waals surface area (Å²) in [7, 11) is 0. The van der Waals surface area contributed by atoms with E-state index in [9.17, 15) is 4.79 Å². The Hall–Kier alpha value is -0.220. The van der Waals surface area contributed by atoms with Gasteiger partial charge in [-0.25, -0.2) is 4.79 Å². The average Bonchev–Trinajstić information content (AvgIpc) is 2.38. The number of carboxylic acid groups (broad SMARTS) is 1. The van der Waals surface area contributed by atoms with Crippen molar-refractivity contribution in [2.24, 2.45) is 0 Å². The Morgan fingerprint density at radius 1 is 1.82 bits per heavy atom. The van der Waals surface area contributed by atoms with E-state index in [2.05, 4.69) is 5.32 Å². The Bertz CT molecular complexity index is 155. The molecule has 1 fully saturated rings. The van der Waals surface area contributed by atoms with Gasteiger partial charge in [0.25, 0.3) is 0 Å². The first kappa shape index (κ1) is 8.87. The predicted octanol–water partition coefficient (Wildman–Crippen LogP) is 0.904. The molecule has 1 atom stereocenters. The Kier molecular flexibility index (Phi) is 2.78. The molecule has 64 valence electrons. The van der Waals surface area contributed by atoms with Gasteiger partial charge in [-0.15, -0.1) is 11.8 Å². The quantitative estimate of drug-likeness (QED) is 0.669. The van der Waals surface area contributed by atoms with Crippen molar-refractivity contribution in [3.05, 3.63) is 0 Å². The summed E-state index contributed by atoms with van der Waals surface area (Å²) in [6, 6.07) is 0. The van der Waals surface area contributed by atoms with Crippen molar-refractivity contribution in [1.82, 2.24) is 5.32 Å². The molecule has 2 N–H and O–H groups in total. The van der Waals surface area contributed by atoms with Crippen LogP contribution in [0.2, 0.25) is 0 Å². The Morgan fingerprint density at radius 3 is 2.91 bits per heavy atom. The minimum absolute atomic E-state index is 0.672. The van der Waals surface area contributed by atoms with Crippen LogP contribution in [0, 0.1) is 0 Å². The molecule has 0 amide bonds. The van der Waals surface area contributed by atoms with E-state index in [0.29, 0.717) is 6.42 Å². The molecule has 0 radical (unpaired) electrons. The molecule has 1 heterocycles. The summed E-state index contributed by atoms with van der Waals surface area (Å²) in [5, 5.41) is 11.9. The van der Waals surface area contributed by atoms with Gasteiger partial charge >= 0.3 is 5.97 Å². The molecule has 11 heavy (non-hydrogen) atoms. The maximum atomic E-state index is 10.8. The van der Waals surface area contributed by atoms with Crippen LogP contribution in [0.3, 0.4) is 0 Å². The lowest BCUT2D eigenvalue weighted by molar-refractivity contribution is -0.140. The fourth-order valence-corrected chi connectivity index (χ4v) is 2.51. The molecule has 1 rings (SSSR count). The second-order valence-electron chi connectivity index (χ2n) is 2.66. The van der Waals surface area contributed by atoms with Gasteiger partial charge in [-0.05, 0) is 6.42 Å². The minimum atomic E-state index is -0.721. The Morgan fingerprint density at radius 2 is 2.55 bits per heavy atom. The molecule has 0 spiro atoms. The zero-order valence-corrected chi connectivity index (χ0v) is 7.41. The van der Waals surface area contributed by atoms with Crippen molar-refractivity contribution < 1.29 is 9.90 Å². The first-order valence-corrected chi connectivity index (χ1v) is 4.82. The van der Waals surface area contributed by atoms with Gasteiger partial charge in [0.2, 0.25) is 0 Å². The second-order valence-corrected chi connectivity index (χ2v) is 4.05. The van der Waals surface area contributed by atoms with Crippen molar-refractivity contribution >= 4 is 17.7 Å². The third kappa shape index (κ3) is 1.68. The number of nitrogens with one attached hydrogen (secondary N) is 1. The van der Waals surface area contributed by atoms with Crippen molar-refractivity contribution in [2.45, 2.75) is 24.6 Å². The number of thioether (sulfide) groups is 1. The van der Waals surface area contributed by atoms with E-state index in [0.717, 1.165) is 18.7 Å². The van der Waals surface area contributed by atoms with Gasteiger partial charge in [0, 0.05) is 12.3 Å². The SMILES string of the molecule is CCCC1(C(=O)O)NCCS1. The highest BCUT2D eigenvalue weighted by atomic mass is 32.2. The molecule has 4 heteroatoms. The molecule has 0 aromatic rings. The summed E-state index contributed by atoms with van der Waals surface area (Å²) in [5.74, 6) is 0.189. The maximum Gasteiger partial charge on any atom is 0.334 e. The van der Waals surface area contributed by atoms with Crippen LogP contribution in [0.4, 0.5) is 0 Å². The van der Waals surface area contributed by atoms with Crippen LogP contribution in [0.1, 0.15) is 19.8 Å². The highest BCUT2D eigenvalue weighted by Gasteiger charge is 2.40. The smallest absolute Gasteiger partial charge is 0.334 e. The monoisotopic (exact) mass is 175 g/mol. The number of carboxylic acids is 1. The van der Waals surface area contributed by atoms with Crippen molar-refractivity contribution in [3.8, 4) is 0 Å². The topological polar surface area (TPSA) is 49.3 Å². The Labute approximate surface area is 70.6 Å². The van der Waals surface area contributed by atoms with Crippen LogP contribution in [0.15, 0.2) is 0 Å². The molecule has 0 saturated carbocycles. The van der Waals surface area contributed by atoms with Crippen molar-refractivity contribution in [2.75, 3.05) is 12.3 Å². The molecule has 0 aliphatic carbocycles. The van der Waals surface area contributed by atoms with Crippen molar-refractivity contribution in [3.63, 3.8) is 0 Å². The fourth-order valence-electron chi connectivity index (χ4n) is 1.29. The second kappa shape index (κ2) is 3.45. The summed E-state index contributed by atoms with van der Waals surface area (Å²) < 4.78 is 0. The number of hydrogen-bond acceptors (Lipinski definition) is 3. The van der Waals surface area contributed by atoms with E-state index in [-0.39, 0.29) is 0 Å². The van der Waals surface area contributed by atoms with Gasteiger partial charge in [0.1, 0.15) is 0 Å².